The molecule has 6 heteroatoms. The Bertz CT molecular complexity index is 552. The van der Waals surface area contributed by atoms with E-state index in [9.17, 15) is 10.2 Å². The predicted octanol–water partition coefficient (Wildman–Crippen LogP) is 0.934. The van der Waals surface area contributed by atoms with Crippen molar-refractivity contribution in [3.8, 4) is 0 Å². The molecule has 0 atom stereocenters. The van der Waals surface area contributed by atoms with Gasteiger partial charge >= 0.3 is 0 Å². The third-order valence-electron chi connectivity index (χ3n) is 3.21. The second-order valence-electron chi connectivity index (χ2n) is 4.67. The average Bonchev–Trinajstić information content (AvgIpc) is 2.81. The Morgan fingerprint density at radius 3 is 2.58 bits per heavy atom. The van der Waals surface area contributed by atoms with Crippen molar-refractivity contribution in [3.05, 3.63) is 46.7 Å². The second kappa shape index (κ2) is 5.69. The lowest BCUT2D eigenvalue weighted by molar-refractivity contribution is 0.115. The number of aliphatic hydroxyl groups excluding tert-OH is 2. The van der Waals surface area contributed by atoms with Gasteiger partial charge in [-0.2, -0.15) is 0 Å². The summed E-state index contributed by atoms with van der Waals surface area (Å²) >= 11 is 5.98. The lowest BCUT2D eigenvalue weighted by Crippen LogP contribution is -2.37. The summed E-state index contributed by atoms with van der Waals surface area (Å²) in [5.74, 6) is 0. The lowest BCUT2D eigenvalue weighted by atomic mass is 9.78. The molecule has 0 aliphatic rings. The van der Waals surface area contributed by atoms with E-state index in [0.717, 1.165) is 5.56 Å². The molecule has 0 saturated carbocycles. The van der Waals surface area contributed by atoms with Crippen LogP contribution in [0.4, 0.5) is 0 Å². The first-order valence-corrected chi connectivity index (χ1v) is 6.30. The number of aliphatic hydroxyl groups is 2. The quantitative estimate of drug-likeness (QED) is 0.855. The van der Waals surface area contributed by atoms with Gasteiger partial charge in [0, 0.05) is 30.1 Å². The Labute approximate surface area is 116 Å². The number of rotatable bonds is 5. The van der Waals surface area contributed by atoms with Crippen LogP contribution in [-0.4, -0.2) is 38.4 Å². The maximum absolute atomic E-state index is 9.73. The molecule has 5 nitrogen and oxygen atoms in total. The summed E-state index contributed by atoms with van der Waals surface area (Å²) in [6.07, 6.45) is 2.17. The highest BCUT2D eigenvalue weighted by Gasteiger charge is 2.32. The number of aromatic nitrogens is 3. The number of nitrogens with zero attached hydrogens (tertiary/aromatic N) is 3. The normalized spacial score (nSPS) is 11.8. The minimum Gasteiger partial charge on any atom is -0.395 e. The average molecular weight is 282 g/mol. The zero-order chi connectivity index (χ0) is 13.9. The van der Waals surface area contributed by atoms with E-state index < -0.39 is 5.41 Å². The summed E-state index contributed by atoms with van der Waals surface area (Å²) in [5, 5.41) is 27.9. The number of halogens is 1. The van der Waals surface area contributed by atoms with Gasteiger partial charge in [0.25, 0.3) is 0 Å². The van der Waals surface area contributed by atoms with Crippen LogP contribution >= 0.6 is 11.6 Å². The number of hydrogen-bond acceptors (Lipinski definition) is 4. The molecule has 1 aromatic carbocycles. The van der Waals surface area contributed by atoms with Crippen LogP contribution in [0.5, 0.6) is 0 Å². The fourth-order valence-electron chi connectivity index (χ4n) is 2.09. The smallest absolute Gasteiger partial charge is 0.0837 e. The van der Waals surface area contributed by atoms with Gasteiger partial charge in [0.1, 0.15) is 0 Å². The molecule has 0 aliphatic heterocycles. The Kier molecular flexibility index (Phi) is 4.19. The zero-order valence-corrected chi connectivity index (χ0v) is 11.4. The number of aryl methyl sites for hydroxylation is 1. The van der Waals surface area contributed by atoms with E-state index in [-0.39, 0.29) is 13.2 Å². The summed E-state index contributed by atoms with van der Waals surface area (Å²) in [6.45, 7) is -0.388. The molecule has 1 heterocycles. The highest BCUT2D eigenvalue weighted by Crippen LogP contribution is 2.29. The summed E-state index contributed by atoms with van der Waals surface area (Å²) in [5.41, 5.74) is 0.697. The number of benzene rings is 1. The molecule has 102 valence electrons. The predicted molar refractivity (Wildman–Crippen MR) is 72.0 cm³/mol. The Morgan fingerprint density at radius 2 is 2.05 bits per heavy atom. The third-order valence-corrected chi connectivity index (χ3v) is 3.45. The third kappa shape index (κ3) is 2.94. The van der Waals surface area contributed by atoms with Crippen molar-refractivity contribution in [1.29, 1.82) is 0 Å². The molecule has 2 aromatic rings. The van der Waals surface area contributed by atoms with Gasteiger partial charge in [-0.05, 0) is 17.7 Å². The SMILES string of the molecule is Cn1cc(CC(CO)(CO)c2cccc(Cl)c2)nn1. The van der Waals surface area contributed by atoms with Gasteiger partial charge in [0.2, 0.25) is 0 Å². The molecule has 19 heavy (non-hydrogen) atoms. The van der Waals surface area contributed by atoms with Crippen LogP contribution in [0.1, 0.15) is 11.3 Å². The largest absolute Gasteiger partial charge is 0.395 e. The summed E-state index contributed by atoms with van der Waals surface area (Å²) in [7, 11) is 1.77. The van der Waals surface area contributed by atoms with Crippen molar-refractivity contribution in [2.75, 3.05) is 13.2 Å². The summed E-state index contributed by atoms with van der Waals surface area (Å²) in [6, 6.07) is 7.15. The first-order valence-electron chi connectivity index (χ1n) is 5.92. The van der Waals surface area contributed by atoms with E-state index in [4.69, 9.17) is 11.6 Å². The standard InChI is InChI=1S/C13H16ClN3O2/c1-17-7-12(15-16-17)6-13(8-18,9-19)10-3-2-4-11(14)5-10/h2-5,7,18-19H,6,8-9H2,1H3. The van der Waals surface area contributed by atoms with Crippen molar-refractivity contribution in [1.82, 2.24) is 15.0 Å². The van der Waals surface area contributed by atoms with Crippen molar-refractivity contribution in [2.24, 2.45) is 7.05 Å². The Hall–Kier alpha value is -1.43. The monoisotopic (exact) mass is 281 g/mol. The van der Waals surface area contributed by atoms with Crippen LogP contribution in [-0.2, 0) is 18.9 Å². The first-order chi connectivity index (χ1) is 9.09. The maximum atomic E-state index is 9.73. The molecule has 0 aliphatic carbocycles. The van der Waals surface area contributed by atoms with Crippen molar-refractivity contribution < 1.29 is 10.2 Å². The van der Waals surface area contributed by atoms with E-state index in [0.29, 0.717) is 17.1 Å². The van der Waals surface area contributed by atoms with Crippen LogP contribution < -0.4 is 0 Å². The Morgan fingerprint density at radius 1 is 1.32 bits per heavy atom. The van der Waals surface area contributed by atoms with Crippen molar-refractivity contribution >= 4 is 11.6 Å². The van der Waals surface area contributed by atoms with Crippen LogP contribution in [0.15, 0.2) is 30.5 Å². The van der Waals surface area contributed by atoms with Gasteiger partial charge in [-0.15, -0.1) is 5.10 Å². The fraction of sp³-hybridized carbons (Fsp3) is 0.385. The van der Waals surface area contributed by atoms with Crippen LogP contribution in [0, 0.1) is 0 Å². The van der Waals surface area contributed by atoms with Gasteiger partial charge < -0.3 is 10.2 Å². The molecular formula is C13H16ClN3O2. The van der Waals surface area contributed by atoms with E-state index >= 15 is 0 Å². The molecule has 0 unspecified atom stereocenters. The molecule has 1 aromatic heterocycles. The summed E-state index contributed by atoms with van der Waals surface area (Å²) < 4.78 is 1.59. The highest BCUT2D eigenvalue weighted by molar-refractivity contribution is 6.30. The number of hydrogen-bond donors (Lipinski definition) is 2. The molecule has 0 fully saturated rings. The van der Waals surface area contributed by atoms with Gasteiger partial charge in [-0.1, -0.05) is 28.9 Å². The van der Waals surface area contributed by atoms with E-state index in [2.05, 4.69) is 10.3 Å². The van der Waals surface area contributed by atoms with Gasteiger partial charge in [0.15, 0.2) is 0 Å². The molecule has 2 rings (SSSR count). The topological polar surface area (TPSA) is 71.2 Å². The zero-order valence-electron chi connectivity index (χ0n) is 10.6. The molecule has 0 amide bonds. The van der Waals surface area contributed by atoms with Gasteiger partial charge in [-0.25, -0.2) is 0 Å². The van der Waals surface area contributed by atoms with Crippen LogP contribution in [0.25, 0.3) is 0 Å². The lowest BCUT2D eigenvalue weighted by Gasteiger charge is -2.29. The van der Waals surface area contributed by atoms with Crippen molar-refractivity contribution in [3.63, 3.8) is 0 Å². The summed E-state index contributed by atoms with van der Waals surface area (Å²) in [4.78, 5) is 0. The molecular weight excluding hydrogens is 266 g/mol. The fourth-order valence-corrected chi connectivity index (χ4v) is 2.28. The van der Waals surface area contributed by atoms with Crippen molar-refractivity contribution in [2.45, 2.75) is 11.8 Å². The van der Waals surface area contributed by atoms with Gasteiger partial charge in [-0.3, -0.25) is 4.68 Å². The van der Waals surface area contributed by atoms with E-state index in [1.54, 1.807) is 36.1 Å². The molecule has 0 spiro atoms. The Balaban J connectivity index is 2.37. The van der Waals surface area contributed by atoms with Crippen LogP contribution in [0.3, 0.4) is 0 Å². The molecule has 0 bridgehead atoms. The van der Waals surface area contributed by atoms with Crippen LogP contribution in [0.2, 0.25) is 5.02 Å². The van der Waals surface area contributed by atoms with Gasteiger partial charge in [0.05, 0.1) is 18.9 Å². The first kappa shape index (κ1) is 14.0. The molecule has 0 saturated heterocycles. The second-order valence-corrected chi connectivity index (χ2v) is 5.10. The minimum atomic E-state index is -0.805. The molecule has 2 N–H and O–H groups in total. The van der Waals surface area contributed by atoms with E-state index in [1.807, 2.05) is 6.07 Å². The van der Waals surface area contributed by atoms with E-state index in [1.165, 1.54) is 0 Å². The molecule has 0 radical (unpaired) electrons. The highest BCUT2D eigenvalue weighted by atomic mass is 35.5. The maximum Gasteiger partial charge on any atom is 0.0837 e. The minimum absolute atomic E-state index is 0.194.